The molecule has 0 radical (unpaired) electrons. The Morgan fingerprint density at radius 2 is 1.50 bits per heavy atom. The SMILES string of the molecule is FC1CCCC(F)C1SC1CC1. The molecule has 2 unspecified atom stereocenters. The summed E-state index contributed by atoms with van der Waals surface area (Å²) in [6.45, 7) is 0. The van der Waals surface area contributed by atoms with Crippen LogP contribution in [-0.4, -0.2) is 22.8 Å². The highest BCUT2D eigenvalue weighted by Gasteiger charge is 2.38. The normalized spacial score (nSPS) is 43.0. The maximum absolute atomic E-state index is 13.2. The van der Waals surface area contributed by atoms with Crippen LogP contribution in [0, 0.1) is 0 Å². The van der Waals surface area contributed by atoms with E-state index in [9.17, 15) is 8.78 Å². The second kappa shape index (κ2) is 3.52. The van der Waals surface area contributed by atoms with Gasteiger partial charge in [-0.1, -0.05) is 0 Å². The summed E-state index contributed by atoms with van der Waals surface area (Å²) in [6, 6.07) is 0. The van der Waals surface area contributed by atoms with Crippen LogP contribution in [0.4, 0.5) is 8.78 Å². The summed E-state index contributed by atoms with van der Waals surface area (Å²) in [4.78, 5) is 0. The zero-order valence-corrected chi connectivity index (χ0v) is 7.83. The van der Waals surface area contributed by atoms with Gasteiger partial charge in [-0.25, -0.2) is 8.78 Å². The molecule has 0 nitrogen and oxygen atoms in total. The lowest BCUT2D eigenvalue weighted by Gasteiger charge is -2.28. The largest absolute Gasteiger partial charge is 0.246 e. The van der Waals surface area contributed by atoms with Gasteiger partial charge in [-0.3, -0.25) is 0 Å². The molecule has 0 bridgehead atoms. The lowest BCUT2D eigenvalue weighted by Crippen LogP contribution is -2.34. The van der Waals surface area contributed by atoms with Crippen LogP contribution in [0.1, 0.15) is 32.1 Å². The van der Waals surface area contributed by atoms with E-state index in [-0.39, 0.29) is 5.25 Å². The summed E-state index contributed by atoms with van der Waals surface area (Å²) in [5.41, 5.74) is 0. The first-order chi connectivity index (χ1) is 5.77. The minimum atomic E-state index is -0.889. The third-order valence-electron chi connectivity index (χ3n) is 2.55. The molecule has 0 aromatic heterocycles. The van der Waals surface area contributed by atoms with Crippen LogP contribution in [0.5, 0.6) is 0 Å². The van der Waals surface area contributed by atoms with Crippen molar-refractivity contribution in [2.75, 3.05) is 0 Å². The fourth-order valence-electron chi connectivity index (χ4n) is 1.66. The van der Waals surface area contributed by atoms with Gasteiger partial charge in [0.1, 0.15) is 12.3 Å². The maximum atomic E-state index is 13.2. The van der Waals surface area contributed by atoms with Crippen molar-refractivity contribution in [1.29, 1.82) is 0 Å². The molecule has 12 heavy (non-hydrogen) atoms. The Kier molecular flexibility index (Phi) is 2.58. The molecular weight excluding hydrogens is 178 g/mol. The van der Waals surface area contributed by atoms with Crippen molar-refractivity contribution in [1.82, 2.24) is 0 Å². The molecule has 2 atom stereocenters. The molecule has 2 aliphatic carbocycles. The molecular formula is C9H14F2S. The van der Waals surface area contributed by atoms with E-state index in [0.29, 0.717) is 18.1 Å². The highest BCUT2D eigenvalue weighted by atomic mass is 32.2. The Bertz CT molecular complexity index is 149. The second-order valence-electron chi connectivity index (χ2n) is 3.76. The van der Waals surface area contributed by atoms with Gasteiger partial charge in [-0.05, 0) is 32.1 Å². The van der Waals surface area contributed by atoms with Crippen molar-refractivity contribution in [2.45, 2.75) is 54.9 Å². The van der Waals surface area contributed by atoms with E-state index in [1.54, 1.807) is 11.8 Å². The quantitative estimate of drug-likeness (QED) is 0.647. The van der Waals surface area contributed by atoms with Crippen molar-refractivity contribution in [2.24, 2.45) is 0 Å². The van der Waals surface area contributed by atoms with Crippen LogP contribution >= 0.6 is 11.8 Å². The predicted molar refractivity (Wildman–Crippen MR) is 48.0 cm³/mol. The summed E-state index contributed by atoms with van der Waals surface area (Å²) < 4.78 is 26.5. The van der Waals surface area contributed by atoms with Crippen LogP contribution in [0.3, 0.4) is 0 Å². The second-order valence-corrected chi connectivity index (χ2v) is 5.25. The van der Waals surface area contributed by atoms with Crippen molar-refractivity contribution in [3.8, 4) is 0 Å². The maximum Gasteiger partial charge on any atom is 0.115 e. The topological polar surface area (TPSA) is 0 Å². The average Bonchev–Trinajstić information content (AvgIpc) is 2.80. The summed E-state index contributed by atoms with van der Waals surface area (Å²) in [6.07, 6.45) is 2.43. The summed E-state index contributed by atoms with van der Waals surface area (Å²) >= 11 is 1.55. The van der Waals surface area contributed by atoms with Crippen molar-refractivity contribution < 1.29 is 8.78 Å². The lowest BCUT2D eigenvalue weighted by atomic mass is 9.97. The van der Waals surface area contributed by atoms with Gasteiger partial charge < -0.3 is 0 Å². The molecule has 3 heteroatoms. The summed E-state index contributed by atoms with van der Waals surface area (Å²) in [7, 11) is 0. The Balaban J connectivity index is 1.88. The zero-order valence-electron chi connectivity index (χ0n) is 7.01. The van der Waals surface area contributed by atoms with Gasteiger partial charge >= 0.3 is 0 Å². The molecule has 0 spiro atoms. The van der Waals surface area contributed by atoms with Crippen LogP contribution in [-0.2, 0) is 0 Å². The third-order valence-corrected chi connectivity index (χ3v) is 4.31. The van der Waals surface area contributed by atoms with Gasteiger partial charge in [0.2, 0.25) is 0 Å². The fraction of sp³-hybridized carbons (Fsp3) is 1.00. The minimum Gasteiger partial charge on any atom is -0.246 e. The van der Waals surface area contributed by atoms with Gasteiger partial charge in [0.05, 0.1) is 5.25 Å². The van der Waals surface area contributed by atoms with E-state index in [1.807, 2.05) is 0 Å². The molecule has 70 valence electrons. The highest BCUT2D eigenvalue weighted by molar-refractivity contribution is 8.00. The fourth-order valence-corrected chi connectivity index (χ4v) is 3.13. The Hall–Kier alpha value is 0.210. The first-order valence-corrected chi connectivity index (χ1v) is 5.65. The Morgan fingerprint density at radius 1 is 0.917 bits per heavy atom. The van der Waals surface area contributed by atoms with E-state index in [1.165, 1.54) is 12.8 Å². The standard InChI is InChI=1S/C9H14F2S/c10-7-2-1-3-8(11)9(7)12-6-4-5-6/h6-9H,1-5H2. The molecule has 2 aliphatic rings. The molecule has 0 amide bonds. The molecule has 0 aliphatic heterocycles. The molecule has 0 saturated heterocycles. The molecule has 0 aromatic rings. The van der Waals surface area contributed by atoms with E-state index in [4.69, 9.17) is 0 Å². The molecule has 0 heterocycles. The Labute approximate surface area is 76.1 Å². The number of rotatable bonds is 2. The molecule has 2 saturated carbocycles. The number of hydrogen-bond donors (Lipinski definition) is 0. The Morgan fingerprint density at radius 3 is 2.00 bits per heavy atom. The van der Waals surface area contributed by atoms with Gasteiger partial charge in [0.25, 0.3) is 0 Å². The first-order valence-electron chi connectivity index (χ1n) is 4.71. The smallest absolute Gasteiger partial charge is 0.115 e. The van der Waals surface area contributed by atoms with Gasteiger partial charge in [-0.2, -0.15) is 0 Å². The van der Waals surface area contributed by atoms with E-state index in [0.717, 1.165) is 6.42 Å². The van der Waals surface area contributed by atoms with Crippen LogP contribution in [0.25, 0.3) is 0 Å². The van der Waals surface area contributed by atoms with Crippen LogP contribution in [0.2, 0.25) is 0 Å². The van der Waals surface area contributed by atoms with Crippen LogP contribution < -0.4 is 0 Å². The summed E-state index contributed by atoms with van der Waals surface area (Å²) in [5, 5.41) is 0.232. The van der Waals surface area contributed by atoms with Crippen molar-refractivity contribution >= 4 is 11.8 Å². The monoisotopic (exact) mass is 192 g/mol. The van der Waals surface area contributed by atoms with Gasteiger partial charge in [-0.15, -0.1) is 11.8 Å². The van der Waals surface area contributed by atoms with Crippen molar-refractivity contribution in [3.63, 3.8) is 0 Å². The number of alkyl halides is 2. The molecule has 0 aromatic carbocycles. The molecule has 0 N–H and O–H groups in total. The summed E-state index contributed by atoms with van der Waals surface area (Å²) in [5.74, 6) is 0. The zero-order chi connectivity index (χ0) is 8.55. The molecule has 2 rings (SSSR count). The molecule has 2 fully saturated rings. The number of hydrogen-bond acceptors (Lipinski definition) is 1. The number of thioether (sulfide) groups is 1. The number of halogens is 2. The van der Waals surface area contributed by atoms with Gasteiger partial charge in [0, 0.05) is 5.25 Å². The average molecular weight is 192 g/mol. The van der Waals surface area contributed by atoms with E-state index in [2.05, 4.69) is 0 Å². The first kappa shape index (κ1) is 8.79. The minimum absolute atomic E-state index is 0.341. The van der Waals surface area contributed by atoms with Gasteiger partial charge in [0.15, 0.2) is 0 Å². The van der Waals surface area contributed by atoms with Crippen LogP contribution in [0.15, 0.2) is 0 Å². The third kappa shape index (κ3) is 1.93. The predicted octanol–water partition coefficient (Wildman–Crippen LogP) is 3.11. The van der Waals surface area contributed by atoms with E-state index >= 15 is 0 Å². The van der Waals surface area contributed by atoms with E-state index < -0.39 is 12.3 Å². The lowest BCUT2D eigenvalue weighted by molar-refractivity contribution is 0.168. The van der Waals surface area contributed by atoms with Crippen molar-refractivity contribution in [3.05, 3.63) is 0 Å². The highest BCUT2D eigenvalue weighted by Crippen LogP contribution is 2.43.